The number of ether oxygens (including phenoxy) is 2. The van der Waals surface area contributed by atoms with Gasteiger partial charge in [-0.05, 0) is 19.1 Å². The third kappa shape index (κ3) is 5.67. The molecule has 0 aliphatic carbocycles. The molecule has 2 N–H and O–H groups in total. The second kappa shape index (κ2) is 9.29. The molecule has 1 aromatic heterocycles. The van der Waals surface area contributed by atoms with Gasteiger partial charge in [-0.1, -0.05) is 0 Å². The van der Waals surface area contributed by atoms with Gasteiger partial charge >= 0.3 is 0 Å². The summed E-state index contributed by atoms with van der Waals surface area (Å²) in [5.74, 6) is 0.446. The molecule has 0 saturated carbocycles. The molecule has 0 aromatic carbocycles. The van der Waals surface area contributed by atoms with E-state index in [2.05, 4.69) is 15.6 Å². The Morgan fingerprint density at radius 2 is 2.21 bits per heavy atom. The highest BCUT2D eigenvalue weighted by atomic mass is 16.5. The largest absolute Gasteiger partial charge is 0.382 e. The molecule has 6 nitrogen and oxygen atoms in total. The second-order valence-electron chi connectivity index (χ2n) is 3.79. The van der Waals surface area contributed by atoms with Gasteiger partial charge in [0.05, 0.1) is 25.4 Å². The number of pyridine rings is 1. The van der Waals surface area contributed by atoms with Gasteiger partial charge in [0.2, 0.25) is 0 Å². The molecule has 6 heteroatoms. The summed E-state index contributed by atoms with van der Waals surface area (Å²) < 4.78 is 10.1. The Bertz CT molecular complexity index is 385. The van der Waals surface area contributed by atoms with Gasteiger partial charge in [0.1, 0.15) is 5.82 Å². The lowest BCUT2D eigenvalue weighted by molar-refractivity contribution is 0.0693. The molecule has 1 amide bonds. The van der Waals surface area contributed by atoms with Crippen LogP contribution in [0.1, 0.15) is 17.3 Å². The van der Waals surface area contributed by atoms with Crippen molar-refractivity contribution in [2.75, 3.05) is 45.3 Å². The van der Waals surface area contributed by atoms with Gasteiger partial charge in [-0.3, -0.25) is 4.79 Å². The molecule has 1 heterocycles. The number of methoxy groups -OCH3 is 1. The normalized spacial score (nSPS) is 10.2. The van der Waals surface area contributed by atoms with Crippen molar-refractivity contribution in [2.45, 2.75) is 6.92 Å². The Balaban J connectivity index is 2.36. The standard InChI is InChI=1S/C13H21N3O3/c1-3-14-12-11(5-4-6-15-12)13(17)16-7-8-19-10-9-18-2/h4-6H,3,7-10H2,1-2H3,(H,14,15)(H,16,17). The lowest BCUT2D eigenvalue weighted by Crippen LogP contribution is -2.28. The van der Waals surface area contributed by atoms with Gasteiger partial charge in [-0.2, -0.15) is 0 Å². The van der Waals surface area contributed by atoms with Crippen LogP contribution < -0.4 is 10.6 Å². The van der Waals surface area contributed by atoms with E-state index in [-0.39, 0.29) is 5.91 Å². The zero-order valence-corrected chi connectivity index (χ0v) is 11.4. The monoisotopic (exact) mass is 267 g/mol. The second-order valence-corrected chi connectivity index (χ2v) is 3.79. The molecule has 0 saturated heterocycles. The fourth-order valence-corrected chi connectivity index (χ4v) is 1.47. The Morgan fingerprint density at radius 1 is 1.37 bits per heavy atom. The van der Waals surface area contributed by atoms with Crippen molar-refractivity contribution >= 4 is 11.7 Å². The Hall–Kier alpha value is -1.66. The first-order valence-electron chi connectivity index (χ1n) is 6.33. The number of nitrogens with zero attached hydrogens (tertiary/aromatic N) is 1. The Labute approximate surface area is 113 Å². The van der Waals surface area contributed by atoms with Gasteiger partial charge in [0.25, 0.3) is 5.91 Å². The zero-order chi connectivity index (χ0) is 13.9. The fraction of sp³-hybridized carbons (Fsp3) is 0.538. The predicted molar refractivity (Wildman–Crippen MR) is 73.4 cm³/mol. The number of amides is 1. The maximum Gasteiger partial charge on any atom is 0.255 e. The van der Waals surface area contributed by atoms with Gasteiger partial charge in [-0.25, -0.2) is 4.98 Å². The van der Waals surface area contributed by atoms with Crippen molar-refractivity contribution in [3.63, 3.8) is 0 Å². The number of carbonyl (C=O) groups excluding carboxylic acids is 1. The minimum absolute atomic E-state index is 0.153. The van der Waals surface area contributed by atoms with E-state index in [1.165, 1.54) is 0 Å². The highest BCUT2D eigenvalue weighted by Gasteiger charge is 2.10. The average Bonchev–Trinajstić information content (AvgIpc) is 2.43. The summed E-state index contributed by atoms with van der Waals surface area (Å²) in [5, 5.41) is 5.85. The van der Waals surface area contributed by atoms with E-state index < -0.39 is 0 Å². The molecule has 106 valence electrons. The van der Waals surface area contributed by atoms with E-state index >= 15 is 0 Å². The number of anilines is 1. The summed E-state index contributed by atoms with van der Waals surface area (Å²) in [6, 6.07) is 3.48. The summed E-state index contributed by atoms with van der Waals surface area (Å²) >= 11 is 0. The number of rotatable bonds is 9. The molecule has 0 spiro atoms. The zero-order valence-electron chi connectivity index (χ0n) is 11.4. The first-order chi connectivity index (χ1) is 9.29. The Kier molecular flexibility index (Phi) is 7.53. The SMILES string of the molecule is CCNc1ncccc1C(=O)NCCOCCOC. The smallest absolute Gasteiger partial charge is 0.255 e. The molecular weight excluding hydrogens is 246 g/mol. The summed E-state index contributed by atoms with van der Waals surface area (Å²) in [6.45, 7) is 4.69. The van der Waals surface area contributed by atoms with E-state index in [1.54, 1.807) is 25.4 Å². The highest BCUT2D eigenvalue weighted by molar-refractivity contribution is 5.98. The molecule has 19 heavy (non-hydrogen) atoms. The highest BCUT2D eigenvalue weighted by Crippen LogP contribution is 2.10. The van der Waals surface area contributed by atoms with Gasteiger partial charge in [-0.15, -0.1) is 0 Å². The molecule has 1 rings (SSSR count). The van der Waals surface area contributed by atoms with E-state index in [9.17, 15) is 4.79 Å². The summed E-state index contributed by atoms with van der Waals surface area (Å²) in [4.78, 5) is 16.1. The summed E-state index contributed by atoms with van der Waals surface area (Å²) in [5.41, 5.74) is 0.543. The molecular formula is C13H21N3O3. The summed E-state index contributed by atoms with van der Waals surface area (Å²) in [7, 11) is 1.62. The average molecular weight is 267 g/mol. The predicted octanol–water partition coefficient (Wildman–Crippen LogP) is 0.906. The van der Waals surface area contributed by atoms with Crippen LogP contribution in [0.15, 0.2) is 18.3 Å². The van der Waals surface area contributed by atoms with Crippen LogP contribution >= 0.6 is 0 Å². The van der Waals surface area contributed by atoms with Crippen LogP contribution in [0.2, 0.25) is 0 Å². The van der Waals surface area contributed by atoms with Gasteiger partial charge in [0.15, 0.2) is 0 Å². The quantitative estimate of drug-likeness (QED) is 0.651. The molecule has 0 aliphatic heterocycles. The first kappa shape index (κ1) is 15.4. The molecule has 0 bridgehead atoms. The molecule has 0 unspecified atom stereocenters. The lowest BCUT2D eigenvalue weighted by Gasteiger charge is -2.10. The Morgan fingerprint density at radius 3 is 2.95 bits per heavy atom. The minimum atomic E-state index is -0.153. The minimum Gasteiger partial charge on any atom is -0.382 e. The number of hydrogen-bond donors (Lipinski definition) is 2. The van der Waals surface area contributed by atoms with Crippen LogP contribution in [0.4, 0.5) is 5.82 Å². The maximum absolute atomic E-state index is 12.0. The van der Waals surface area contributed by atoms with Crippen LogP contribution in [0.5, 0.6) is 0 Å². The topological polar surface area (TPSA) is 72.5 Å². The van der Waals surface area contributed by atoms with Gasteiger partial charge in [0, 0.05) is 26.4 Å². The van der Waals surface area contributed by atoms with Crippen molar-refractivity contribution in [3.8, 4) is 0 Å². The van der Waals surface area contributed by atoms with Crippen LogP contribution in [-0.4, -0.2) is 50.9 Å². The van der Waals surface area contributed by atoms with Crippen molar-refractivity contribution in [1.29, 1.82) is 0 Å². The van der Waals surface area contributed by atoms with Crippen molar-refractivity contribution in [1.82, 2.24) is 10.3 Å². The first-order valence-corrected chi connectivity index (χ1v) is 6.33. The van der Waals surface area contributed by atoms with Crippen LogP contribution in [0, 0.1) is 0 Å². The van der Waals surface area contributed by atoms with Crippen LogP contribution in [0.3, 0.4) is 0 Å². The number of aromatic nitrogens is 1. The molecule has 0 fully saturated rings. The van der Waals surface area contributed by atoms with Crippen LogP contribution in [-0.2, 0) is 9.47 Å². The molecule has 0 aliphatic rings. The number of carbonyl (C=O) groups is 1. The van der Waals surface area contributed by atoms with E-state index in [0.717, 1.165) is 6.54 Å². The third-order valence-corrected chi connectivity index (χ3v) is 2.36. The maximum atomic E-state index is 12.0. The van der Waals surface area contributed by atoms with Gasteiger partial charge < -0.3 is 20.1 Å². The van der Waals surface area contributed by atoms with E-state index in [4.69, 9.17) is 9.47 Å². The molecule has 1 aromatic rings. The third-order valence-electron chi connectivity index (χ3n) is 2.36. The van der Waals surface area contributed by atoms with E-state index in [1.807, 2.05) is 6.92 Å². The lowest BCUT2D eigenvalue weighted by atomic mass is 10.2. The van der Waals surface area contributed by atoms with Crippen molar-refractivity contribution in [3.05, 3.63) is 23.9 Å². The number of nitrogens with one attached hydrogen (secondary N) is 2. The summed E-state index contributed by atoms with van der Waals surface area (Å²) in [6.07, 6.45) is 1.66. The molecule has 0 radical (unpaired) electrons. The fourth-order valence-electron chi connectivity index (χ4n) is 1.47. The van der Waals surface area contributed by atoms with Crippen LogP contribution in [0.25, 0.3) is 0 Å². The van der Waals surface area contributed by atoms with Crippen molar-refractivity contribution in [2.24, 2.45) is 0 Å². The molecule has 0 atom stereocenters. The van der Waals surface area contributed by atoms with E-state index in [0.29, 0.717) is 37.7 Å². The number of hydrogen-bond acceptors (Lipinski definition) is 5. The van der Waals surface area contributed by atoms with Crippen molar-refractivity contribution < 1.29 is 14.3 Å².